The standard InChI is InChI=1S/C21H11ClF2N4O2/c1-10-17-18-16(20(29)27(21(18)30)14-4-2-11(22)3-5-14)9-25-19(17)28(26-10)15-7-12(23)6-13(24)8-15/h2-9H,1H3. The monoisotopic (exact) mass is 424 g/mol. The number of aromatic nitrogens is 3. The van der Waals surface area contributed by atoms with E-state index in [1.807, 2.05) is 0 Å². The number of benzene rings is 2. The molecule has 6 nitrogen and oxygen atoms in total. The zero-order valence-corrected chi connectivity index (χ0v) is 16.1. The largest absolute Gasteiger partial charge is 0.268 e. The number of aryl methyl sites for hydroxylation is 1. The molecule has 0 aliphatic carbocycles. The fourth-order valence-corrected chi connectivity index (χ4v) is 3.75. The van der Waals surface area contributed by atoms with Crippen LogP contribution in [0.2, 0.25) is 5.02 Å². The Balaban J connectivity index is 1.72. The Morgan fingerprint density at radius 1 is 0.933 bits per heavy atom. The molecule has 2 amide bonds. The maximum atomic E-state index is 13.7. The molecule has 0 unspecified atom stereocenters. The minimum Gasteiger partial charge on any atom is -0.268 e. The van der Waals surface area contributed by atoms with Gasteiger partial charge in [0.25, 0.3) is 11.8 Å². The van der Waals surface area contributed by atoms with Gasteiger partial charge in [0.15, 0.2) is 5.65 Å². The molecule has 2 aromatic heterocycles. The number of anilines is 1. The summed E-state index contributed by atoms with van der Waals surface area (Å²) in [5.41, 5.74) is 1.39. The molecular weight excluding hydrogens is 414 g/mol. The average molecular weight is 425 g/mol. The summed E-state index contributed by atoms with van der Waals surface area (Å²) in [5.74, 6) is -2.59. The zero-order chi connectivity index (χ0) is 21.2. The van der Waals surface area contributed by atoms with Crippen LogP contribution in [0.1, 0.15) is 26.4 Å². The van der Waals surface area contributed by atoms with E-state index in [1.54, 1.807) is 31.2 Å². The Bertz CT molecular complexity index is 1360. The van der Waals surface area contributed by atoms with Crippen LogP contribution in [0.3, 0.4) is 0 Å². The summed E-state index contributed by atoms with van der Waals surface area (Å²) in [6, 6.07) is 9.26. The highest BCUT2D eigenvalue weighted by atomic mass is 35.5. The van der Waals surface area contributed by atoms with Crippen LogP contribution in [0.5, 0.6) is 0 Å². The number of hydrogen-bond donors (Lipinski definition) is 0. The molecule has 0 saturated heterocycles. The van der Waals surface area contributed by atoms with Crippen LogP contribution < -0.4 is 4.90 Å². The summed E-state index contributed by atoms with van der Waals surface area (Å²) in [6.45, 7) is 1.64. The summed E-state index contributed by atoms with van der Waals surface area (Å²) in [7, 11) is 0. The van der Waals surface area contributed by atoms with E-state index in [2.05, 4.69) is 10.1 Å². The van der Waals surface area contributed by atoms with Crippen LogP contribution in [0.25, 0.3) is 16.7 Å². The van der Waals surface area contributed by atoms with Crippen molar-refractivity contribution in [2.75, 3.05) is 4.90 Å². The lowest BCUT2D eigenvalue weighted by Crippen LogP contribution is -2.29. The van der Waals surface area contributed by atoms with Crippen molar-refractivity contribution in [3.8, 4) is 5.69 Å². The van der Waals surface area contributed by atoms with Crippen LogP contribution >= 0.6 is 11.6 Å². The molecule has 0 spiro atoms. The fraction of sp³-hybridized carbons (Fsp3) is 0.0476. The predicted octanol–water partition coefficient (Wildman–Crippen LogP) is 4.46. The van der Waals surface area contributed by atoms with Gasteiger partial charge in [-0.05, 0) is 43.3 Å². The Labute approximate surface area is 173 Å². The lowest BCUT2D eigenvalue weighted by atomic mass is 10.1. The van der Waals surface area contributed by atoms with Gasteiger partial charge >= 0.3 is 0 Å². The Kier molecular flexibility index (Phi) is 3.94. The molecular formula is C21H11ClF2N4O2. The summed E-state index contributed by atoms with van der Waals surface area (Å²) in [4.78, 5) is 31.4. The molecule has 1 aliphatic rings. The topological polar surface area (TPSA) is 68.1 Å². The van der Waals surface area contributed by atoms with Crippen molar-refractivity contribution in [3.05, 3.63) is 82.1 Å². The number of fused-ring (bicyclic) bond motifs is 3. The lowest BCUT2D eigenvalue weighted by molar-refractivity contribution is 0.0926. The van der Waals surface area contributed by atoms with E-state index in [-0.39, 0.29) is 22.5 Å². The van der Waals surface area contributed by atoms with Gasteiger partial charge < -0.3 is 0 Å². The van der Waals surface area contributed by atoms with Crippen molar-refractivity contribution in [1.29, 1.82) is 0 Å². The second kappa shape index (κ2) is 6.43. The molecule has 5 rings (SSSR count). The maximum absolute atomic E-state index is 13.7. The lowest BCUT2D eigenvalue weighted by Gasteiger charge is -2.13. The van der Waals surface area contributed by atoms with Crippen LogP contribution in [0.4, 0.5) is 14.5 Å². The second-order valence-corrected chi connectivity index (χ2v) is 7.23. The van der Waals surface area contributed by atoms with E-state index >= 15 is 0 Å². The molecule has 0 N–H and O–H groups in total. The Morgan fingerprint density at radius 2 is 1.60 bits per heavy atom. The van der Waals surface area contributed by atoms with Gasteiger partial charge in [0.05, 0.1) is 33.6 Å². The van der Waals surface area contributed by atoms with Gasteiger partial charge in [-0.2, -0.15) is 5.10 Å². The number of carbonyl (C=O) groups excluding carboxylic acids is 2. The van der Waals surface area contributed by atoms with Crippen molar-refractivity contribution in [1.82, 2.24) is 14.8 Å². The van der Waals surface area contributed by atoms with Crippen molar-refractivity contribution < 1.29 is 18.4 Å². The number of rotatable bonds is 2. The molecule has 1 aliphatic heterocycles. The van der Waals surface area contributed by atoms with Crippen LogP contribution in [0.15, 0.2) is 48.7 Å². The first-order valence-corrected chi connectivity index (χ1v) is 9.22. The number of imide groups is 1. The first kappa shape index (κ1) is 18.4. The molecule has 2 aromatic carbocycles. The summed E-state index contributed by atoms with van der Waals surface area (Å²) in [6.07, 6.45) is 1.28. The van der Waals surface area contributed by atoms with Gasteiger partial charge in [-0.1, -0.05) is 11.6 Å². The van der Waals surface area contributed by atoms with E-state index in [9.17, 15) is 18.4 Å². The molecule has 3 heterocycles. The predicted molar refractivity (Wildman–Crippen MR) is 106 cm³/mol. The number of nitrogens with zero attached hydrogens (tertiary/aromatic N) is 4. The number of hydrogen-bond acceptors (Lipinski definition) is 4. The normalized spacial score (nSPS) is 13.4. The molecule has 0 atom stereocenters. The van der Waals surface area contributed by atoms with Gasteiger partial charge in [-0.15, -0.1) is 0 Å². The zero-order valence-electron chi connectivity index (χ0n) is 15.4. The van der Waals surface area contributed by atoms with E-state index in [0.29, 0.717) is 21.8 Å². The van der Waals surface area contributed by atoms with Crippen molar-refractivity contribution in [2.24, 2.45) is 0 Å². The minimum atomic E-state index is -0.771. The Hall–Kier alpha value is -3.65. The highest BCUT2D eigenvalue weighted by Gasteiger charge is 2.40. The maximum Gasteiger partial charge on any atom is 0.267 e. The van der Waals surface area contributed by atoms with Crippen LogP contribution in [-0.2, 0) is 0 Å². The van der Waals surface area contributed by atoms with E-state index in [4.69, 9.17) is 11.6 Å². The first-order valence-electron chi connectivity index (χ1n) is 8.84. The SMILES string of the molecule is Cc1nn(-c2cc(F)cc(F)c2)c2ncc3c(c12)C(=O)N(c1ccc(Cl)cc1)C3=O. The number of carbonyl (C=O) groups is 2. The first-order chi connectivity index (χ1) is 14.3. The van der Waals surface area contributed by atoms with E-state index in [1.165, 1.54) is 10.9 Å². The third-order valence-electron chi connectivity index (χ3n) is 4.90. The van der Waals surface area contributed by atoms with Gasteiger partial charge in [-0.3, -0.25) is 9.59 Å². The van der Waals surface area contributed by atoms with Gasteiger partial charge in [0, 0.05) is 17.3 Å². The van der Waals surface area contributed by atoms with E-state index < -0.39 is 23.4 Å². The van der Waals surface area contributed by atoms with Crippen LogP contribution in [0, 0.1) is 18.6 Å². The quantitative estimate of drug-likeness (QED) is 0.445. The highest BCUT2D eigenvalue weighted by Crippen LogP contribution is 2.35. The molecule has 0 fully saturated rings. The molecule has 0 bridgehead atoms. The number of pyridine rings is 1. The van der Waals surface area contributed by atoms with Gasteiger partial charge in [0.1, 0.15) is 11.6 Å². The highest BCUT2D eigenvalue weighted by molar-refractivity contribution is 6.37. The molecule has 9 heteroatoms. The molecule has 148 valence electrons. The van der Waals surface area contributed by atoms with Gasteiger partial charge in [-0.25, -0.2) is 23.3 Å². The summed E-state index contributed by atoms with van der Waals surface area (Å²) in [5, 5.41) is 5.13. The molecule has 0 saturated carbocycles. The third-order valence-corrected chi connectivity index (χ3v) is 5.15. The molecule has 30 heavy (non-hydrogen) atoms. The third kappa shape index (κ3) is 2.61. The summed E-state index contributed by atoms with van der Waals surface area (Å²) >= 11 is 5.90. The van der Waals surface area contributed by atoms with Crippen LogP contribution in [-0.4, -0.2) is 26.6 Å². The van der Waals surface area contributed by atoms with Gasteiger partial charge in [0.2, 0.25) is 0 Å². The Morgan fingerprint density at radius 3 is 2.27 bits per heavy atom. The second-order valence-electron chi connectivity index (χ2n) is 6.79. The molecule has 4 aromatic rings. The molecule has 0 radical (unpaired) electrons. The number of halogens is 3. The van der Waals surface area contributed by atoms with Crippen molar-refractivity contribution >= 4 is 40.1 Å². The van der Waals surface area contributed by atoms with Crippen molar-refractivity contribution in [3.63, 3.8) is 0 Å². The average Bonchev–Trinajstić information content (AvgIpc) is 3.16. The van der Waals surface area contributed by atoms with Crippen molar-refractivity contribution in [2.45, 2.75) is 6.92 Å². The summed E-state index contributed by atoms with van der Waals surface area (Å²) < 4.78 is 28.7. The number of amides is 2. The smallest absolute Gasteiger partial charge is 0.267 e. The van der Waals surface area contributed by atoms with E-state index in [0.717, 1.165) is 23.1 Å². The fourth-order valence-electron chi connectivity index (χ4n) is 3.63. The minimum absolute atomic E-state index is 0.115.